The SMILES string of the molecule is CC(C)C(=O)Nc1ccc2ncccc2c1. The van der Waals surface area contributed by atoms with Gasteiger partial charge in [0.2, 0.25) is 5.91 Å². The zero-order chi connectivity index (χ0) is 11.5. The Labute approximate surface area is 94.5 Å². The van der Waals surface area contributed by atoms with Crippen LogP contribution in [-0.2, 0) is 4.79 Å². The number of anilines is 1. The first-order valence-corrected chi connectivity index (χ1v) is 5.32. The minimum absolute atomic E-state index is 0.00963. The molecule has 16 heavy (non-hydrogen) atoms. The molecule has 0 saturated carbocycles. The molecular weight excluding hydrogens is 200 g/mol. The van der Waals surface area contributed by atoms with Crippen LogP contribution >= 0.6 is 0 Å². The zero-order valence-corrected chi connectivity index (χ0v) is 9.40. The molecule has 1 heterocycles. The Hall–Kier alpha value is -1.90. The van der Waals surface area contributed by atoms with Crippen molar-refractivity contribution in [2.45, 2.75) is 13.8 Å². The van der Waals surface area contributed by atoms with E-state index in [2.05, 4.69) is 10.3 Å². The van der Waals surface area contributed by atoms with Crippen molar-refractivity contribution in [1.82, 2.24) is 4.98 Å². The Balaban J connectivity index is 2.29. The summed E-state index contributed by atoms with van der Waals surface area (Å²) in [6, 6.07) is 9.58. The molecule has 1 amide bonds. The van der Waals surface area contributed by atoms with Gasteiger partial charge < -0.3 is 5.32 Å². The maximum absolute atomic E-state index is 11.5. The average Bonchev–Trinajstić information content (AvgIpc) is 2.28. The molecule has 82 valence electrons. The highest BCUT2D eigenvalue weighted by Crippen LogP contribution is 2.17. The van der Waals surface area contributed by atoms with E-state index in [0.717, 1.165) is 16.6 Å². The molecular formula is C13H14N2O. The fourth-order valence-corrected chi connectivity index (χ4v) is 1.44. The van der Waals surface area contributed by atoms with E-state index in [1.54, 1.807) is 6.20 Å². The largest absolute Gasteiger partial charge is 0.326 e. The zero-order valence-electron chi connectivity index (χ0n) is 9.40. The molecule has 0 unspecified atom stereocenters. The third-order valence-corrected chi connectivity index (χ3v) is 2.39. The number of nitrogens with zero attached hydrogens (tertiary/aromatic N) is 1. The second kappa shape index (κ2) is 4.31. The third-order valence-electron chi connectivity index (χ3n) is 2.39. The standard InChI is InChI=1S/C13H14N2O/c1-9(2)13(16)15-11-5-6-12-10(8-11)4-3-7-14-12/h3-9H,1-2H3,(H,15,16). The van der Waals surface area contributed by atoms with Crippen LogP contribution in [0, 0.1) is 5.92 Å². The van der Waals surface area contributed by atoms with Gasteiger partial charge in [-0.25, -0.2) is 0 Å². The van der Waals surface area contributed by atoms with Crippen molar-refractivity contribution in [3.05, 3.63) is 36.5 Å². The molecule has 0 radical (unpaired) electrons. The Bertz CT molecular complexity index is 520. The van der Waals surface area contributed by atoms with Crippen molar-refractivity contribution in [2.75, 3.05) is 5.32 Å². The van der Waals surface area contributed by atoms with Crippen LogP contribution in [0.5, 0.6) is 0 Å². The lowest BCUT2D eigenvalue weighted by Gasteiger charge is -2.08. The first-order chi connectivity index (χ1) is 7.66. The Kier molecular flexibility index (Phi) is 2.86. The summed E-state index contributed by atoms with van der Waals surface area (Å²) < 4.78 is 0. The summed E-state index contributed by atoms with van der Waals surface area (Å²) in [6.07, 6.45) is 1.76. The number of rotatable bonds is 2. The van der Waals surface area contributed by atoms with Crippen LogP contribution < -0.4 is 5.32 Å². The van der Waals surface area contributed by atoms with Gasteiger partial charge in [-0.2, -0.15) is 0 Å². The fourth-order valence-electron chi connectivity index (χ4n) is 1.44. The van der Waals surface area contributed by atoms with Crippen molar-refractivity contribution in [1.29, 1.82) is 0 Å². The summed E-state index contributed by atoms with van der Waals surface area (Å²) in [5, 5.41) is 3.90. The van der Waals surface area contributed by atoms with E-state index >= 15 is 0 Å². The number of amides is 1. The molecule has 0 fully saturated rings. The highest BCUT2D eigenvalue weighted by atomic mass is 16.1. The van der Waals surface area contributed by atoms with Crippen molar-refractivity contribution in [2.24, 2.45) is 5.92 Å². The number of aromatic nitrogens is 1. The Morgan fingerprint density at radius 3 is 2.88 bits per heavy atom. The maximum atomic E-state index is 11.5. The minimum Gasteiger partial charge on any atom is -0.326 e. The van der Waals surface area contributed by atoms with Crippen molar-refractivity contribution in [3.63, 3.8) is 0 Å². The molecule has 0 spiro atoms. The van der Waals surface area contributed by atoms with Crippen LogP contribution in [0.2, 0.25) is 0 Å². The first-order valence-electron chi connectivity index (χ1n) is 5.32. The van der Waals surface area contributed by atoms with Crippen LogP contribution in [0.25, 0.3) is 10.9 Å². The Morgan fingerprint density at radius 2 is 2.12 bits per heavy atom. The molecule has 1 aromatic heterocycles. The van der Waals surface area contributed by atoms with Gasteiger partial charge in [0.05, 0.1) is 5.52 Å². The van der Waals surface area contributed by atoms with E-state index in [9.17, 15) is 4.79 Å². The summed E-state index contributed by atoms with van der Waals surface area (Å²) >= 11 is 0. The second-order valence-electron chi connectivity index (χ2n) is 4.05. The molecule has 0 aliphatic heterocycles. The quantitative estimate of drug-likeness (QED) is 0.835. The number of fused-ring (bicyclic) bond motifs is 1. The third kappa shape index (κ3) is 2.19. The summed E-state index contributed by atoms with van der Waals surface area (Å²) in [6.45, 7) is 3.75. The van der Waals surface area contributed by atoms with Crippen molar-refractivity contribution in [3.8, 4) is 0 Å². The van der Waals surface area contributed by atoms with Gasteiger partial charge in [-0.3, -0.25) is 9.78 Å². The van der Waals surface area contributed by atoms with Crippen molar-refractivity contribution >= 4 is 22.5 Å². The number of nitrogens with one attached hydrogen (secondary N) is 1. The second-order valence-corrected chi connectivity index (χ2v) is 4.05. The van der Waals surface area contributed by atoms with E-state index in [-0.39, 0.29) is 11.8 Å². The lowest BCUT2D eigenvalue weighted by Crippen LogP contribution is -2.17. The number of hydrogen-bond donors (Lipinski definition) is 1. The molecule has 0 saturated heterocycles. The summed E-state index contributed by atoms with van der Waals surface area (Å²) in [5.41, 5.74) is 1.75. The predicted octanol–water partition coefficient (Wildman–Crippen LogP) is 2.83. The number of carbonyl (C=O) groups excluding carboxylic acids is 1. The Morgan fingerprint density at radius 1 is 1.31 bits per heavy atom. The first kappa shape index (κ1) is 10.6. The average molecular weight is 214 g/mol. The fraction of sp³-hybridized carbons (Fsp3) is 0.231. The normalized spacial score (nSPS) is 10.7. The molecule has 3 heteroatoms. The van der Waals surface area contributed by atoms with Gasteiger partial charge in [-0.1, -0.05) is 19.9 Å². The molecule has 3 nitrogen and oxygen atoms in total. The van der Waals surface area contributed by atoms with E-state index in [1.807, 2.05) is 44.2 Å². The van der Waals surface area contributed by atoms with E-state index in [4.69, 9.17) is 0 Å². The topological polar surface area (TPSA) is 42.0 Å². The molecule has 0 atom stereocenters. The van der Waals surface area contributed by atoms with Gasteiger partial charge >= 0.3 is 0 Å². The molecule has 0 bridgehead atoms. The van der Waals surface area contributed by atoms with Crippen LogP contribution in [0.1, 0.15) is 13.8 Å². The van der Waals surface area contributed by atoms with Gasteiger partial charge in [0.15, 0.2) is 0 Å². The highest BCUT2D eigenvalue weighted by molar-refractivity contribution is 5.94. The molecule has 2 aromatic rings. The number of carbonyl (C=O) groups is 1. The van der Waals surface area contributed by atoms with Crippen molar-refractivity contribution < 1.29 is 4.79 Å². The maximum Gasteiger partial charge on any atom is 0.226 e. The summed E-state index contributed by atoms with van der Waals surface area (Å²) in [4.78, 5) is 15.7. The van der Waals surface area contributed by atoms with Gasteiger partial charge in [-0.05, 0) is 24.3 Å². The van der Waals surface area contributed by atoms with Gasteiger partial charge in [0.1, 0.15) is 0 Å². The minimum atomic E-state index is -0.00963. The molecule has 0 aliphatic rings. The lowest BCUT2D eigenvalue weighted by molar-refractivity contribution is -0.118. The molecule has 1 aromatic carbocycles. The molecule has 2 rings (SSSR count). The lowest BCUT2D eigenvalue weighted by atomic mass is 10.1. The van der Waals surface area contributed by atoms with E-state index in [0.29, 0.717) is 0 Å². The van der Waals surface area contributed by atoms with Gasteiger partial charge in [0, 0.05) is 23.2 Å². The molecule has 0 aliphatic carbocycles. The highest BCUT2D eigenvalue weighted by Gasteiger charge is 2.07. The monoisotopic (exact) mass is 214 g/mol. The predicted molar refractivity (Wildman–Crippen MR) is 65.2 cm³/mol. The summed E-state index contributed by atoms with van der Waals surface area (Å²) in [5.74, 6) is 0.0211. The van der Waals surface area contributed by atoms with Crippen LogP contribution in [0.15, 0.2) is 36.5 Å². The van der Waals surface area contributed by atoms with Crippen LogP contribution in [0.3, 0.4) is 0 Å². The van der Waals surface area contributed by atoms with Crippen LogP contribution in [-0.4, -0.2) is 10.9 Å². The number of benzene rings is 1. The van der Waals surface area contributed by atoms with Gasteiger partial charge in [-0.15, -0.1) is 0 Å². The van der Waals surface area contributed by atoms with E-state index in [1.165, 1.54) is 0 Å². The number of pyridine rings is 1. The summed E-state index contributed by atoms with van der Waals surface area (Å²) in [7, 11) is 0. The van der Waals surface area contributed by atoms with Gasteiger partial charge in [0.25, 0.3) is 0 Å². The molecule has 1 N–H and O–H groups in total. The smallest absolute Gasteiger partial charge is 0.226 e. The van der Waals surface area contributed by atoms with Crippen LogP contribution in [0.4, 0.5) is 5.69 Å². The van der Waals surface area contributed by atoms with E-state index < -0.39 is 0 Å². The number of hydrogen-bond acceptors (Lipinski definition) is 2.